The smallest absolute Gasteiger partial charge is 0.490 e. The Morgan fingerprint density at radius 1 is 0.717 bits per heavy atom. The van der Waals surface area contributed by atoms with Gasteiger partial charge in [0.05, 0.1) is 11.4 Å². The predicted molar refractivity (Wildman–Crippen MR) is 180 cm³/mol. The molecular weight excluding hydrogens is 749 g/mol. The van der Waals surface area contributed by atoms with E-state index in [-0.39, 0.29) is 19.8 Å². The first-order valence-electron chi connectivity index (χ1n) is 14.8. The predicted octanol–water partition coefficient (Wildman–Crippen LogP) is 7.80. The van der Waals surface area contributed by atoms with Crippen molar-refractivity contribution in [3.05, 3.63) is 144 Å². The molecule has 0 spiro atoms. The summed E-state index contributed by atoms with van der Waals surface area (Å²) in [5.41, 5.74) is 9.94. The van der Waals surface area contributed by atoms with E-state index in [1.165, 1.54) is 16.7 Å². The molecule has 0 saturated carbocycles. The van der Waals surface area contributed by atoms with Gasteiger partial charge in [-0.2, -0.15) is 10.2 Å². The molecule has 0 unspecified atom stereocenters. The fourth-order valence-electron chi connectivity index (χ4n) is 4.38. The molecule has 1 radical (unpaired) electrons. The van der Waals surface area contributed by atoms with Crippen LogP contribution in [0.4, 0.5) is 0 Å². The van der Waals surface area contributed by atoms with Gasteiger partial charge in [0, 0.05) is 30.0 Å². The number of hydrogen-bond acceptors (Lipinski definition) is 6. The molecule has 46 heavy (non-hydrogen) atoms. The van der Waals surface area contributed by atoms with Crippen molar-refractivity contribution in [3.63, 3.8) is 0 Å². The Kier molecular flexibility index (Phi) is 13.3. The van der Waals surface area contributed by atoms with Gasteiger partial charge in [-0.15, -0.1) is 35.4 Å². The summed E-state index contributed by atoms with van der Waals surface area (Å²) in [5.74, 6) is 2.55. The van der Waals surface area contributed by atoms with Crippen molar-refractivity contribution in [1.82, 2.24) is 34.5 Å². The number of aryl methyl sites for hydroxylation is 3. The van der Waals surface area contributed by atoms with E-state index in [9.17, 15) is 0 Å². The Morgan fingerprint density at radius 2 is 1.28 bits per heavy atom. The molecule has 0 aliphatic carbocycles. The van der Waals surface area contributed by atoms with Gasteiger partial charge >= 0.3 is 19.8 Å². The SMILES string of the molecule is C=CCOc1ccnc(-c2[c-]ccc(C)c2)c1.Cc1nn(-c2ccccn2)c(C)c1C.Cc1nn(-c2ccccn2)c(C)c1C.[Os+]. The minimum atomic E-state index is 0. The van der Waals surface area contributed by atoms with Crippen LogP contribution in [0.3, 0.4) is 0 Å². The van der Waals surface area contributed by atoms with Crippen LogP contribution in [-0.2, 0) is 19.8 Å². The quantitative estimate of drug-likeness (QED) is 0.127. The summed E-state index contributed by atoms with van der Waals surface area (Å²) in [6.07, 6.45) is 7.02. The van der Waals surface area contributed by atoms with Gasteiger partial charge in [-0.05, 0) is 94.8 Å². The molecule has 5 heterocycles. The molecule has 0 fully saturated rings. The first kappa shape index (κ1) is 35.7. The van der Waals surface area contributed by atoms with Crippen molar-refractivity contribution in [2.24, 2.45) is 0 Å². The minimum absolute atomic E-state index is 0. The molecule has 0 aliphatic heterocycles. The van der Waals surface area contributed by atoms with Crippen molar-refractivity contribution < 1.29 is 24.5 Å². The second-order valence-electron chi connectivity index (χ2n) is 10.5. The van der Waals surface area contributed by atoms with Crippen LogP contribution in [0.5, 0.6) is 5.75 Å². The van der Waals surface area contributed by atoms with Gasteiger partial charge in [0.15, 0.2) is 11.6 Å². The maximum absolute atomic E-state index is 5.48. The van der Waals surface area contributed by atoms with E-state index >= 15 is 0 Å². The number of ether oxygens (including phenoxy) is 1. The van der Waals surface area contributed by atoms with Crippen molar-refractivity contribution in [3.8, 4) is 28.6 Å². The number of benzene rings is 1. The second kappa shape index (κ2) is 17.1. The van der Waals surface area contributed by atoms with Crippen molar-refractivity contribution in [2.45, 2.75) is 48.5 Å². The van der Waals surface area contributed by atoms with E-state index < -0.39 is 0 Å². The number of rotatable bonds is 6. The van der Waals surface area contributed by atoms with Crippen LogP contribution in [0.1, 0.15) is 39.5 Å². The van der Waals surface area contributed by atoms with Gasteiger partial charge in [0.25, 0.3) is 0 Å². The normalized spacial score (nSPS) is 10.1. The zero-order valence-corrected chi connectivity index (χ0v) is 30.0. The molecule has 9 heteroatoms. The first-order valence-corrected chi connectivity index (χ1v) is 14.8. The van der Waals surface area contributed by atoms with Crippen molar-refractivity contribution >= 4 is 0 Å². The van der Waals surface area contributed by atoms with Gasteiger partial charge < -0.3 is 9.72 Å². The van der Waals surface area contributed by atoms with Gasteiger partial charge in [0.2, 0.25) is 0 Å². The van der Waals surface area contributed by atoms with Crippen LogP contribution in [0.25, 0.3) is 22.9 Å². The number of pyridine rings is 3. The standard InChI is InChI=1S/C15H14NO.2C11H13N3.Os/c1-3-9-17-14-7-8-16-15(11-14)13-6-4-5-12(2)10-13;2*1-8-9(2)13-14(10(8)3)11-6-4-5-7-12-11;/h3-5,7-8,10-11H,1,9H2,2H3;2*4-7H,1-3H3;/q-1;;;+1. The molecule has 1 aromatic carbocycles. The van der Waals surface area contributed by atoms with Crippen LogP contribution in [0.2, 0.25) is 0 Å². The molecule has 5 aromatic heterocycles. The molecule has 0 aliphatic rings. The molecule has 0 N–H and O–H groups in total. The molecule has 6 aromatic rings. The average Bonchev–Trinajstić information content (AvgIpc) is 3.49. The molecule has 8 nitrogen and oxygen atoms in total. The first-order chi connectivity index (χ1) is 21.7. The Bertz CT molecular complexity index is 1760. The third kappa shape index (κ3) is 9.15. The molecule has 0 bridgehead atoms. The topological polar surface area (TPSA) is 83.5 Å². The summed E-state index contributed by atoms with van der Waals surface area (Å²) in [6, 6.07) is 24.6. The Labute approximate surface area is 285 Å². The molecule has 0 atom stereocenters. The van der Waals surface area contributed by atoms with Gasteiger partial charge in [-0.1, -0.05) is 31.7 Å². The van der Waals surface area contributed by atoms with Gasteiger partial charge in [-0.3, -0.25) is 0 Å². The van der Waals surface area contributed by atoms with Crippen LogP contribution < -0.4 is 4.74 Å². The average molecular weight is 789 g/mol. The molecule has 0 saturated heterocycles. The zero-order valence-electron chi connectivity index (χ0n) is 27.5. The van der Waals surface area contributed by atoms with Crippen LogP contribution in [0.15, 0.2) is 98.0 Å². The Balaban J connectivity index is 0.000000187. The number of hydrogen-bond donors (Lipinski definition) is 0. The fraction of sp³-hybridized carbons (Fsp3) is 0.216. The number of nitrogens with zero attached hydrogens (tertiary/aromatic N) is 7. The molecule has 6 rings (SSSR count). The van der Waals surface area contributed by atoms with Crippen LogP contribution in [0, 0.1) is 54.5 Å². The summed E-state index contributed by atoms with van der Waals surface area (Å²) in [7, 11) is 0. The van der Waals surface area contributed by atoms with Crippen LogP contribution in [-0.4, -0.2) is 41.1 Å². The van der Waals surface area contributed by atoms with E-state index in [2.05, 4.69) is 78.5 Å². The Morgan fingerprint density at radius 3 is 1.72 bits per heavy atom. The maximum Gasteiger partial charge on any atom is 1.00 e. The zero-order chi connectivity index (χ0) is 32.3. The largest absolute Gasteiger partial charge is 1.00 e. The summed E-state index contributed by atoms with van der Waals surface area (Å²) >= 11 is 0. The third-order valence-corrected chi connectivity index (χ3v) is 7.37. The summed E-state index contributed by atoms with van der Waals surface area (Å²) in [4.78, 5) is 12.9. The van der Waals surface area contributed by atoms with E-state index in [0.29, 0.717) is 6.61 Å². The van der Waals surface area contributed by atoms with Gasteiger partial charge in [0.1, 0.15) is 12.4 Å². The summed E-state index contributed by atoms with van der Waals surface area (Å²) in [6.45, 7) is 18.5. The maximum atomic E-state index is 5.48. The van der Waals surface area contributed by atoms with E-state index in [1.807, 2.05) is 83.9 Å². The minimum Gasteiger partial charge on any atom is -0.490 e. The van der Waals surface area contributed by atoms with Crippen LogP contribution >= 0.6 is 0 Å². The fourth-order valence-corrected chi connectivity index (χ4v) is 4.38. The summed E-state index contributed by atoms with van der Waals surface area (Å²) < 4.78 is 9.23. The number of aromatic nitrogens is 7. The second-order valence-corrected chi connectivity index (χ2v) is 10.5. The molecular formula is C37H40N7OOs. The van der Waals surface area contributed by atoms with Crippen molar-refractivity contribution in [2.75, 3.05) is 6.61 Å². The van der Waals surface area contributed by atoms with E-state index in [1.54, 1.807) is 24.7 Å². The Hall–Kier alpha value is -4.73. The van der Waals surface area contributed by atoms with Gasteiger partial charge in [-0.25, -0.2) is 19.3 Å². The van der Waals surface area contributed by atoms with E-state index in [0.717, 1.165) is 51.4 Å². The summed E-state index contributed by atoms with van der Waals surface area (Å²) in [5, 5.41) is 8.87. The third-order valence-electron chi connectivity index (χ3n) is 7.37. The monoisotopic (exact) mass is 790 g/mol. The van der Waals surface area contributed by atoms with E-state index in [4.69, 9.17) is 4.74 Å². The molecule has 237 valence electrons. The molecule has 0 amide bonds. The van der Waals surface area contributed by atoms with Crippen molar-refractivity contribution in [1.29, 1.82) is 0 Å².